The number of carbonyl (C=O) groups excluding carboxylic acids is 1. The molecule has 0 saturated carbocycles. The van der Waals surface area contributed by atoms with Crippen LogP contribution in [0.2, 0.25) is 0 Å². The van der Waals surface area contributed by atoms with Crippen LogP contribution in [0.3, 0.4) is 0 Å². The molecule has 1 amide bonds. The maximum absolute atomic E-state index is 13.5. The summed E-state index contributed by atoms with van der Waals surface area (Å²) >= 11 is 1.08. The normalized spacial score (nSPS) is 14.1. The third-order valence-corrected chi connectivity index (χ3v) is 6.86. The van der Waals surface area contributed by atoms with Crippen LogP contribution in [0.5, 0.6) is 0 Å². The third kappa shape index (κ3) is 4.35. The Morgan fingerprint density at radius 2 is 2.16 bits per heavy atom. The van der Waals surface area contributed by atoms with E-state index in [2.05, 4.69) is 15.6 Å². The van der Waals surface area contributed by atoms with Crippen molar-refractivity contribution in [2.45, 2.75) is 52.6 Å². The summed E-state index contributed by atoms with van der Waals surface area (Å²) in [6, 6.07) is 5.51. The predicted octanol–water partition coefficient (Wildman–Crippen LogP) is 4.45. The number of carbonyl (C=O) groups is 2. The second-order valence-electron chi connectivity index (χ2n) is 8.75. The van der Waals surface area contributed by atoms with E-state index in [9.17, 15) is 19.1 Å². The van der Waals surface area contributed by atoms with Gasteiger partial charge in [0.25, 0.3) is 0 Å². The van der Waals surface area contributed by atoms with E-state index < -0.39 is 11.4 Å². The minimum atomic E-state index is -0.843. The number of amides is 1. The van der Waals surface area contributed by atoms with Crippen molar-refractivity contribution in [2.24, 2.45) is 5.41 Å². The van der Waals surface area contributed by atoms with Crippen LogP contribution in [0.15, 0.2) is 29.8 Å². The quantitative estimate of drug-likeness (QED) is 0.585. The molecule has 3 aromatic heterocycles. The van der Waals surface area contributed by atoms with Gasteiger partial charge >= 0.3 is 5.97 Å². The molecule has 0 bridgehead atoms. The lowest BCUT2D eigenvalue weighted by atomic mass is 9.87. The Labute approximate surface area is 184 Å². The van der Waals surface area contributed by atoms with E-state index in [0.29, 0.717) is 38.9 Å². The number of pyridine rings is 1. The molecule has 0 aliphatic carbocycles. The second-order valence-corrected chi connectivity index (χ2v) is 9.61. The van der Waals surface area contributed by atoms with Crippen LogP contribution in [0, 0.1) is 10.5 Å². The molecule has 1 N–H and O–H groups in total. The Hall–Kier alpha value is -2.74. The highest BCUT2D eigenvalue weighted by Crippen LogP contribution is 2.31. The summed E-state index contributed by atoms with van der Waals surface area (Å²) in [6.07, 6.45) is 3.84. The van der Waals surface area contributed by atoms with Gasteiger partial charge in [-0.15, -0.1) is 11.3 Å². The Morgan fingerprint density at radius 1 is 1.35 bits per heavy atom. The summed E-state index contributed by atoms with van der Waals surface area (Å²) < 4.78 is 15.6. The number of thiophene rings is 1. The summed E-state index contributed by atoms with van der Waals surface area (Å²) in [7, 11) is 0. The largest absolute Gasteiger partial charge is 0.481 e. The maximum Gasteiger partial charge on any atom is 0.309 e. The van der Waals surface area contributed by atoms with Crippen LogP contribution in [0.25, 0.3) is 11.0 Å². The SMILES string of the molecule is CC(C)(CCCC(=O)N1CCc2c(n(Cc3csc(F)c3)c3ncccc23)C1)C(=O)O. The van der Waals surface area contributed by atoms with E-state index >= 15 is 0 Å². The maximum atomic E-state index is 13.5. The van der Waals surface area contributed by atoms with Crippen molar-refractivity contribution in [1.29, 1.82) is 0 Å². The summed E-state index contributed by atoms with van der Waals surface area (Å²) in [5.41, 5.74) is 3.16. The Balaban J connectivity index is 1.54. The zero-order valence-corrected chi connectivity index (χ0v) is 18.5. The van der Waals surface area contributed by atoms with Crippen molar-refractivity contribution < 1.29 is 19.1 Å². The number of halogens is 1. The Morgan fingerprint density at radius 3 is 2.87 bits per heavy atom. The topological polar surface area (TPSA) is 75.4 Å². The fourth-order valence-electron chi connectivity index (χ4n) is 4.20. The zero-order chi connectivity index (χ0) is 22.2. The first-order valence-corrected chi connectivity index (χ1v) is 11.3. The zero-order valence-electron chi connectivity index (χ0n) is 17.7. The van der Waals surface area contributed by atoms with E-state index in [1.54, 1.807) is 26.1 Å². The molecule has 164 valence electrons. The van der Waals surface area contributed by atoms with Crippen molar-refractivity contribution >= 4 is 34.2 Å². The van der Waals surface area contributed by atoms with Gasteiger partial charge in [0.15, 0.2) is 5.13 Å². The van der Waals surface area contributed by atoms with Crippen LogP contribution in [0.1, 0.15) is 49.9 Å². The molecule has 0 aromatic carbocycles. The molecule has 0 saturated heterocycles. The summed E-state index contributed by atoms with van der Waals surface area (Å²) in [5, 5.41) is 11.9. The van der Waals surface area contributed by atoms with Gasteiger partial charge in [-0.25, -0.2) is 4.98 Å². The Bertz CT molecular complexity index is 1130. The number of hydrogen-bond donors (Lipinski definition) is 1. The number of aromatic nitrogens is 2. The first-order valence-electron chi connectivity index (χ1n) is 10.5. The minimum absolute atomic E-state index is 0.0400. The number of nitrogens with zero attached hydrogens (tertiary/aromatic N) is 3. The van der Waals surface area contributed by atoms with Gasteiger partial charge in [-0.3, -0.25) is 9.59 Å². The van der Waals surface area contributed by atoms with E-state index in [-0.39, 0.29) is 11.0 Å². The fourth-order valence-corrected chi connectivity index (χ4v) is 4.83. The monoisotopic (exact) mass is 443 g/mol. The molecule has 0 unspecified atom stereocenters. The van der Waals surface area contributed by atoms with Gasteiger partial charge in [-0.2, -0.15) is 4.39 Å². The minimum Gasteiger partial charge on any atom is -0.481 e. The van der Waals surface area contributed by atoms with Gasteiger partial charge in [0.2, 0.25) is 5.91 Å². The van der Waals surface area contributed by atoms with Crippen LogP contribution < -0.4 is 0 Å². The molecule has 4 heterocycles. The lowest BCUT2D eigenvalue weighted by Crippen LogP contribution is -2.36. The molecule has 4 rings (SSSR count). The van der Waals surface area contributed by atoms with Gasteiger partial charge in [0.1, 0.15) is 5.65 Å². The lowest BCUT2D eigenvalue weighted by molar-refractivity contribution is -0.147. The number of hydrogen-bond acceptors (Lipinski definition) is 4. The summed E-state index contributed by atoms with van der Waals surface area (Å²) in [5.74, 6) is -0.803. The first-order chi connectivity index (χ1) is 14.8. The first kappa shape index (κ1) is 21.5. The number of rotatable bonds is 7. The number of carboxylic acid groups (broad SMARTS) is 1. The van der Waals surface area contributed by atoms with Crippen molar-refractivity contribution in [3.63, 3.8) is 0 Å². The molecule has 6 nitrogen and oxygen atoms in total. The molecule has 3 aromatic rings. The highest BCUT2D eigenvalue weighted by Gasteiger charge is 2.29. The molecule has 8 heteroatoms. The smallest absolute Gasteiger partial charge is 0.309 e. The van der Waals surface area contributed by atoms with E-state index in [1.165, 1.54) is 5.56 Å². The molecule has 1 aliphatic heterocycles. The van der Waals surface area contributed by atoms with E-state index in [0.717, 1.165) is 40.0 Å². The highest BCUT2D eigenvalue weighted by molar-refractivity contribution is 7.08. The van der Waals surface area contributed by atoms with Crippen LogP contribution in [-0.4, -0.2) is 38.0 Å². The average molecular weight is 444 g/mol. The van der Waals surface area contributed by atoms with Gasteiger partial charge in [0.05, 0.1) is 18.5 Å². The van der Waals surface area contributed by atoms with Crippen molar-refractivity contribution in [1.82, 2.24) is 14.5 Å². The van der Waals surface area contributed by atoms with Gasteiger partial charge in [0, 0.05) is 30.2 Å². The molecule has 0 fully saturated rings. The van der Waals surface area contributed by atoms with Crippen LogP contribution >= 0.6 is 11.3 Å². The number of fused-ring (bicyclic) bond motifs is 3. The van der Waals surface area contributed by atoms with Crippen LogP contribution in [0.4, 0.5) is 4.39 Å². The second kappa shape index (κ2) is 8.42. The van der Waals surface area contributed by atoms with Gasteiger partial charge in [-0.1, -0.05) is 0 Å². The van der Waals surface area contributed by atoms with Crippen molar-refractivity contribution in [3.8, 4) is 0 Å². The molecule has 0 spiro atoms. The standard InChI is InChI=1S/C23H26FN3O3S/c1-23(2,22(29)30)8-3-6-20(28)26-10-7-16-17-5-4-9-25-21(17)27(18(16)13-26)12-15-11-19(24)31-14-15/h4-5,9,11,14H,3,6-8,10,12-13H2,1-2H3,(H,29,30). The van der Waals surface area contributed by atoms with Gasteiger partial charge < -0.3 is 14.6 Å². The molecule has 31 heavy (non-hydrogen) atoms. The average Bonchev–Trinajstić information content (AvgIpc) is 3.29. The van der Waals surface area contributed by atoms with E-state index in [1.807, 2.05) is 16.3 Å². The summed E-state index contributed by atoms with van der Waals surface area (Å²) in [6.45, 7) is 5.00. The van der Waals surface area contributed by atoms with Gasteiger partial charge in [-0.05, 0) is 67.8 Å². The Kier molecular flexibility index (Phi) is 5.83. The molecule has 0 radical (unpaired) electrons. The number of carboxylic acids is 1. The molecule has 1 aliphatic rings. The van der Waals surface area contributed by atoms with Crippen LogP contribution in [-0.2, 0) is 29.1 Å². The molecular formula is C23H26FN3O3S. The molecule has 0 atom stereocenters. The predicted molar refractivity (Wildman–Crippen MR) is 118 cm³/mol. The third-order valence-electron chi connectivity index (χ3n) is 6.10. The molecular weight excluding hydrogens is 417 g/mol. The van der Waals surface area contributed by atoms with Crippen molar-refractivity contribution in [3.05, 3.63) is 51.7 Å². The lowest BCUT2D eigenvalue weighted by Gasteiger charge is -2.29. The number of aliphatic carboxylic acids is 1. The van der Waals surface area contributed by atoms with Crippen molar-refractivity contribution in [2.75, 3.05) is 6.54 Å². The fraction of sp³-hybridized carbons (Fsp3) is 0.435. The summed E-state index contributed by atoms with van der Waals surface area (Å²) in [4.78, 5) is 30.6. The highest BCUT2D eigenvalue weighted by atomic mass is 32.1. The van der Waals surface area contributed by atoms with E-state index in [4.69, 9.17) is 0 Å².